The molecule has 5 rings (SSSR count). The lowest BCUT2D eigenvalue weighted by atomic mass is 9.91. The molecule has 3 aliphatic rings. The van der Waals surface area contributed by atoms with Crippen LogP contribution in [0.15, 0.2) is 36.4 Å². The Labute approximate surface area is 171 Å². The summed E-state index contributed by atoms with van der Waals surface area (Å²) in [5.41, 5.74) is -0.443. The van der Waals surface area contributed by atoms with E-state index < -0.39 is 17.5 Å². The summed E-state index contributed by atoms with van der Waals surface area (Å²) in [7, 11) is 0. The predicted octanol–water partition coefficient (Wildman–Crippen LogP) is 1.84. The molecule has 3 aliphatic heterocycles. The van der Waals surface area contributed by atoms with E-state index in [-0.39, 0.29) is 19.1 Å². The number of hydrogen-bond donors (Lipinski definition) is 1. The smallest absolute Gasteiger partial charge is 0.325 e. The predicted molar refractivity (Wildman–Crippen MR) is 102 cm³/mol. The largest absolute Gasteiger partial charge is 0.486 e. The number of ether oxygens (including phenoxy) is 4. The Morgan fingerprint density at radius 3 is 2.47 bits per heavy atom. The lowest BCUT2D eigenvalue weighted by Crippen LogP contribution is -2.41. The summed E-state index contributed by atoms with van der Waals surface area (Å²) < 4.78 is 21.6. The van der Waals surface area contributed by atoms with Crippen LogP contribution in [-0.4, -0.2) is 49.2 Å². The Hall–Kier alpha value is -3.75. The monoisotopic (exact) mass is 410 g/mol. The number of carbonyl (C=O) groups is 3. The lowest BCUT2D eigenvalue weighted by Gasteiger charge is -2.22. The van der Waals surface area contributed by atoms with E-state index in [2.05, 4.69) is 5.32 Å². The van der Waals surface area contributed by atoms with E-state index in [1.165, 1.54) is 0 Å². The fraction of sp³-hybridized carbons (Fsp3) is 0.286. The van der Waals surface area contributed by atoms with E-state index >= 15 is 0 Å². The molecule has 0 saturated carbocycles. The number of carbonyl (C=O) groups excluding carboxylic acids is 3. The van der Waals surface area contributed by atoms with E-state index in [0.29, 0.717) is 47.3 Å². The first-order valence-electron chi connectivity index (χ1n) is 9.43. The first-order valence-corrected chi connectivity index (χ1v) is 9.43. The molecule has 2 aromatic rings. The summed E-state index contributed by atoms with van der Waals surface area (Å²) in [5.74, 6) is 1.20. The molecular weight excluding hydrogens is 392 g/mol. The summed E-state index contributed by atoms with van der Waals surface area (Å²) in [6.45, 7) is 2.16. The molecule has 9 nitrogen and oxygen atoms in total. The third kappa shape index (κ3) is 2.81. The third-order valence-electron chi connectivity index (χ3n) is 5.39. The van der Waals surface area contributed by atoms with Gasteiger partial charge in [0.05, 0.1) is 6.54 Å². The van der Waals surface area contributed by atoms with E-state index in [1.54, 1.807) is 43.3 Å². The maximum Gasteiger partial charge on any atom is 0.325 e. The molecule has 154 valence electrons. The maximum absolute atomic E-state index is 13.1. The second kappa shape index (κ2) is 6.65. The zero-order valence-electron chi connectivity index (χ0n) is 16.1. The van der Waals surface area contributed by atoms with E-state index in [9.17, 15) is 14.4 Å². The molecule has 3 amide bonds. The molecule has 1 N–H and O–H groups in total. The number of imide groups is 1. The number of nitrogens with zero attached hydrogens (tertiary/aromatic N) is 1. The minimum atomic E-state index is -1.31. The molecule has 0 aromatic heterocycles. The van der Waals surface area contributed by atoms with Gasteiger partial charge in [0.1, 0.15) is 18.8 Å². The summed E-state index contributed by atoms with van der Waals surface area (Å²) in [6, 6.07) is 9.20. The van der Waals surface area contributed by atoms with Gasteiger partial charge < -0.3 is 24.3 Å². The van der Waals surface area contributed by atoms with Crippen LogP contribution in [0.5, 0.6) is 23.0 Å². The average Bonchev–Trinajstić information content (AvgIpc) is 3.31. The second-order valence-electron chi connectivity index (χ2n) is 7.30. The number of benzene rings is 2. The van der Waals surface area contributed by atoms with Crippen LogP contribution in [0.2, 0.25) is 0 Å². The van der Waals surface area contributed by atoms with Crippen molar-refractivity contribution >= 4 is 17.7 Å². The molecule has 0 bridgehead atoms. The quantitative estimate of drug-likeness (QED) is 0.606. The minimum Gasteiger partial charge on any atom is -0.486 e. The van der Waals surface area contributed by atoms with Gasteiger partial charge in [0.15, 0.2) is 28.8 Å². The molecule has 3 heterocycles. The van der Waals surface area contributed by atoms with Crippen LogP contribution in [-0.2, 0) is 10.3 Å². The molecule has 0 spiro atoms. The van der Waals surface area contributed by atoms with Crippen molar-refractivity contribution in [2.45, 2.75) is 12.5 Å². The van der Waals surface area contributed by atoms with Gasteiger partial charge >= 0.3 is 6.03 Å². The summed E-state index contributed by atoms with van der Waals surface area (Å²) in [4.78, 5) is 39.4. The number of urea groups is 1. The zero-order valence-corrected chi connectivity index (χ0v) is 16.1. The van der Waals surface area contributed by atoms with E-state index in [1.807, 2.05) is 0 Å². The Bertz CT molecular complexity index is 1080. The maximum atomic E-state index is 13.1. The van der Waals surface area contributed by atoms with Gasteiger partial charge in [-0.1, -0.05) is 6.07 Å². The van der Waals surface area contributed by atoms with Crippen LogP contribution in [0.1, 0.15) is 22.8 Å². The number of hydrogen-bond acceptors (Lipinski definition) is 7. The van der Waals surface area contributed by atoms with Crippen molar-refractivity contribution in [3.8, 4) is 23.0 Å². The minimum absolute atomic E-state index is 0.103. The third-order valence-corrected chi connectivity index (χ3v) is 5.39. The number of nitrogens with one attached hydrogen (secondary N) is 1. The van der Waals surface area contributed by atoms with Crippen molar-refractivity contribution < 1.29 is 33.3 Å². The van der Waals surface area contributed by atoms with Crippen molar-refractivity contribution in [3.63, 3.8) is 0 Å². The number of ketones is 1. The molecule has 0 unspecified atom stereocenters. The molecule has 1 atom stereocenters. The van der Waals surface area contributed by atoms with Gasteiger partial charge in [-0.3, -0.25) is 14.5 Å². The average molecular weight is 410 g/mol. The van der Waals surface area contributed by atoms with Crippen LogP contribution in [0.3, 0.4) is 0 Å². The highest BCUT2D eigenvalue weighted by Crippen LogP contribution is 2.38. The lowest BCUT2D eigenvalue weighted by molar-refractivity contribution is -0.130. The molecule has 0 radical (unpaired) electrons. The Balaban J connectivity index is 1.37. The molecule has 2 aromatic carbocycles. The van der Waals surface area contributed by atoms with Crippen LogP contribution < -0.4 is 24.3 Å². The van der Waals surface area contributed by atoms with Gasteiger partial charge in [-0.25, -0.2) is 4.79 Å². The molecule has 1 fully saturated rings. The van der Waals surface area contributed by atoms with Gasteiger partial charge in [-0.05, 0) is 42.8 Å². The fourth-order valence-corrected chi connectivity index (χ4v) is 3.70. The Morgan fingerprint density at radius 1 is 0.967 bits per heavy atom. The highest BCUT2D eigenvalue weighted by Gasteiger charge is 2.50. The fourth-order valence-electron chi connectivity index (χ4n) is 3.70. The van der Waals surface area contributed by atoms with E-state index in [0.717, 1.165) is 4.90 Å². The van der Waals surface area contributed by atoms with Crippen LogP contribution in [0, 0.1) is 0 Å². The standard InChI is InChI=1S/C21H18N2O7/c1-21(13-3-5-16-18(9-13)30-11-29-16)19(25)23(20(26)22-21)10-14(24)12-2-4-15-17(8-12)28-7-6-27-15/h2-5,8-9H,6-7,10-11H2,1H3,(H,22,26)/t21-/m1/s1. The van der Waals surface area contributed by atoms with Gasteiger partial charge in [0.25, 0.3) is 5.91 Å². The highest BCUT2D eigenvalue weighted by molar-refractivity contribution is 6.11. The topological polar surface area (TPSA) is 103 Å². The van der Waals surface area contributed by atoms with Crippen molar-refractivity contribution in [2.24, 2.45) is 0 Å². The SMILES string of the molecule is C[C@]1(c2ccc3c(c2)OCO3)NC(=O)N(CC(=O)c2ccc3c(c2)OCCO3)C1=O. The van der Waals surface area contributed by atoms with Gasteiger partial charge in [-0.15, -0.1) is 0 Å². The number of fused-ring (bicyclic) bond motifs is 2. The molecule has 0 aliphatic carbocycles. The van der Waals surface area contributed by atoms with Gasteiger partial charge in [0, 0.05) is 5.56 Å². The Kier molecular flexibility index (Phi) is 4.05. The van der Waals surface area contributed by atoms with Crippen LogP contribution in [0.4, 0.5) is 4.79 Å². The summed E-state index contributed by atoms with van der Waals surface area (Å²) in [5, 5.41) is 2.69. The van der Waals surface area contributed by atoms with Crippen molar-refractivity contribution in [2.75, 3.05) is 26.6 Å². The highest BCUT2D eigenvalue weighted by atomic mass is 16.7. The van der Waals surface area contributed by atoms with Crippen LogP contribution >= 0.6 is 0 Å². The van der Waals surface area contributed by atoms with Crippen molar-refractivity contribution in [3.05, 3.63) is 47.5 Å². The Morgan fingerprint density at radius 2 is 1.63 bits per heavy atom. The van der Waals surface area contributed by atoms with Crippen molar-refractivity contribution in [1.82, 2.24) is 10.2 Å². The molecule has 9 heteroatoms. The number of Topliss-reactive ketones (excluding diaryl/α,β-unsaturated/α-hetero) is 1. The first-order chi connectivity index (χ1) is 14.5. The summed E-state index contributed by atoms with van der Waals surface area (Å²) >= 11 is 0. The number of amides is 3. The molecular formula is C21H18N2O7. The zero-order chi connectivity index (χ0) is 20.9. The number of rotatable bonds is 4. The van der Waals surface area contributed by atoms with E-state index in [4.69, 9.17) is 18.9 Å². The second-order valence-corrected chi connectivity index (χ2v) is 7.30. The van der Waals surface area contributed by atoms with Crippen LogP contribution in [0.25, 0.3) is 0 Å². The normalized spacial score (nSPS) is 21.6. The van der Waals surface area contributed by atoms with Crippen molar-refractivity contribution in [1.29, 1.82) is 0 Å². The van der Waals surface area contributed by atoms with Gasteiger partial charge in [0.2, 0.25) is 6.79 Å². The molecule has 30 heavy (non-hydrogen) atoms. The first kappa shape index (κ1) is 18.3. The summed E-state index contributed by atoms with van der Waals surface area (Å²) in [6.07, 6.45) is 0. The molecule has 1 saturated heterocycles. The van der Waals surface area contributed by atoms with Gasteiger partial charge in [-0.2, -0.15) is 0 Å².